The molecular formula is C23H22N6O3S. The van der Waals surface area contributed by atoms with E-state index < -0.39 is 10.0 Å². The second kappa shape index (κ2) is 8.30. The highest BCUT2D eigenvalue weighted by Crippen LogP contribution is 2.27. The third-order valence-electron chi connectivity index (χ3n) is 5.59. The number of carbonyl (C=O) groups is 1. The fourth-order valence-electron chi connectivity index (χ4n) is 3.87. The molecule has 168 valence electrons. The molecule has 0 atom stereocenters. The second-order valence-corrected chi connectivity index (χ2v) is 9.70. The highest BCUT2D eigenvalue weighted by atomic mass is 32.2. The highest BCUT2D eigenvalue weighted by Gasteiger charge is 2.16. The number of sulfonamides is 1. The first-order chi connectivity index (χ1) is 15.9. The second-order valence-electron chi connectivity index (χ2n) is 7.82. The van der Waals surface area contributed by atoms with Gasteiger partial charge in [0.05, 0.1) is 4.90 Å². The number of fused-ring (bicyclic) bond motifs is 2. The average molecular weight is 463 g/mol. The zero-order valence-corrected chi connectivity index (χ0v) is 18.7. The van der Waals surface area contributed by atoms with Crippen molar-refractivity contribution in [1.82, 2.24) is 19.3 Å². The molecule has 5 rings (SSSR count). The summed E-state index contributed by atoms with van der Waals surface area (Å²) in [6.07, 6.45) is 4.83. The molecule has 0 bridgehead atoms. The lowest BCUT2D eigenvalue weighted by molar-refractivity contribution is -0.116. The minimum atomic E-state index is -3.51. The van der Waals surface area contributed by atoms with Crippen LogP contribution in [0, 0.1) is 0 Å². The van der Waals surface area contributed by atoms with Crippen LogP contribution in [0.5, 0.6) is 0 Å². The molecule has 1 aliphatic heterocycles. The summed E-state index contributed by atoms with van der Waals surface area (Å²) in [5.41, 5.74) is 4.32. The average Bonchev–Trinajstić information content (AvgIpc) is 3.21. The maximum atomic E-state index is 12.1. The Bertz CT molecular complexity index is 1480. The third kappa shape index (κ3) is 4.30. The van der Waals surface area contributed by atoms with Crippen LogP contribution in [0.15, 0.2) is 65.8 Å². The number of carbonyl (C=O) groups excluding carboxylic acids is 1. The third-order valence-corrected chi connectivity index (χ3v) is 7.00. The lowest BCUT2D eigenvalue weighted by Gasteiger charge is -2.17. The summed E-state index contributed by atoms with van der Waals surface area (Å²) in [5.74, 6) is 0.487. The Hall–Kier alpha value is -3.76. The van der Waals surface area contributed by atoms with E-state index in [2.05, 4.69) is 25.3 Å². The molecule has 0 spiro atoms. The van der Waals surface area contributed by atoms with Crippen LogP contribution < -0.4 is 15.4 Å². The molecule has 0 saturated heterocycles. The van der Waals surface area contributed by atoms with Crippen LogP contribution in [0.3, 0.4) is 0 Å². The van der Waals surface area contributed by atoms with E-state index >= 15 is 0 Å². The van der Waals surface area contributed by atoms with Crippen molar-refractivity contribution in [1.29, 1.82) is 0 Å². The Morgan fingerprint density at radius 1 is 1.12 bits per heavy atom. The molecule has 33 heavy (non-hydrogen) atoms. The van der Waals surface area contributed by atoms with Gasteiger partial charge in [-0.25, -0.2) is 18.1 Å². The van der Waals surface area contributed by atoms with Gasteiger partial charge in [-0.15, -0.1) is 0 Å². The normalized spacial score (nSPS) is 13.5. The molecule has 10 heteroatoms. The minimum Gasteiger partial charge on any atom is -0.328 e. The highest BCUT2D eigenvalue weighted by molar-refractivity contribution is 7.89. The molecule has 0 aliphatic carbocycles. The Kier molecular flexibility index (Phi) is 5.31. The first-order valence-electron chi connectivity index (χ1n) is 10.5. The van der Waals surface area contributed by atoms with Crippen molar-refractivity contribution in [2.45, 2.75) is 24.3 Å². The topological polar surface area (TPSA) is 118 Å². The fourth-order valence-corrected chi connectivity index (χ4v) is 4.67. The fraction of sp³-hybridized carbons (Fsp3) is 0.174. The van der Waals surface area contributed by atoms with E-state index in [9.17, 15) is 13.2 Å². The van der Waals surface area contributed by atoms with Gasteiger partial charge in [-0.05, 0) is 61.0 Å². The van der Waals surface area contributed by atoms with Crippen LogP contribution in [0.2, 0.25) is 0 Å². The molecule has 0 saturated carbocycles. The van der Waals surface area contributed by atoms with E-state index in [4.69, 9.17) is 0 Å². The van der Waals surface area contributed by atoms with Gasteiger partial charge in [0.15, 0.2) is 0 Å². The van der Waals surface area contributed by atoms with Gasteiger partial charge in [0.2, 0.25) is 21.9 Å². The summed E-state index contributed by atoms with van der Waals surface area (Å²) in [7, 11) is -2.12. The Morgan fingerprint density at radius 3 is 2.85 bits per heavy atom. The number of anilines is 3. The number of rotatable bonds is 6. The summed E-state index contributed by atoms with van der Waals surface area (Å²) in [4.78, 5) is 20.9. The number of benzene rings is 2. The zero-order chi connectivity index (χ0) is 23.0. The maximum absolute atomic E-state index is 12.1. The molecule has 3 heterocycles. The van der Waals surface area contributed by atoms with Gasteiger partial charge in [-0.3, -0.25) is 4.79 Å². The van der Waals surface area contributed by atoms with Gasteiger partial charge in [0.25, 0.3) is 0 Å². The summed E-state index contributed by atoms with van der Waals surface area (Å²) in [5, 5.41) is 7.00. The maximum Gasteiger partial charge on any atom is 0.240 e. The number of nitrogens with zero attached hydrogens (tertiary/aromatic N) is 3. The van der Waals surface area contributed by atoms with E-state index in [0.717, 1.165) is 33.5 Å². The summed E-state index contributed by atoms with van der Waals surface area (Å²) < 4.78 is 28.5. The van der Waals surface area contributed by atoms with Crippen molar-refractivity contribution >= 4 is 44.3 Å². The van der Waals surface area contributed by atoms with E-state index in [1.165, 1.54) is 7.05 Å². The van der Waals surface area contributed by atoms with Crippen molar-refractivity contribution in [2.24, 2.45) is 0 Å². The van der Waals surface area contributed by atoms with Crippen LogP contribution in [0.25, 0.3) is 11.0 Å². The van der Waals surface area contributed by atoms with Gasteiger partial charge in [-0.1, -0.05) is 12.1 Å². The number of aryl methyl sites for hydroxylation is 1. The predicted octanol–water partition coefficient (Wildman–Crippen LogP) is 3.02. The predicted molar refractivity (Wildman–Crippen MR) is 126 cm³/mol. The first-order valence-corrected chi connectivity index (χ1v) is 11.9. The molecule has 3 N–H and O–H groups in total. The number of hydrogen-bond donors (Lipinski definition) is 3. The lowest BCUT2D eigenvalue weighted by Crippen LogP contribution is -2.18. The van der Waals surface area contributed by atoms with Gasteiger partial charge in [0, 0.05) is 42.1 Å². The van der Waals surface area contributed by atoms with Crippen molar-refractivity contribution in [2.75, 3.05) is 17.7 Å². The lowest BCUT2D eigenvalue weighted by atomic mass is 10.0. The number of amides is 1. The van der Waals surface area contributed by atoms with Gasteiger partial charge < -0.3 is 15.2 Å². The monoisotopic (exact) mass is 462 g/mol. The van der Waals surface area contributed by atoms with E-state index in [-0.39, 0.29) is 10.8 Å². The molecule has 2 aromatic carbocycles. The molecule has 9 nitrogen and oxygen atoms in total. The number of hydrogen-bond acceptors (Lipinski definition) is 6. The molecule has 0 radical (unpaired) electrons. The number of nitrogens with one attached hydrogen (secondary N) is 3. The van der Waals surface area contributed by atoms with Gasteiger partial charge in [0.1, 0.15) is 5.65 Å². The van der Waals surface area contributed by atoms with Crippen LogP contribution in [-0.2, 0) is 27.8 Å². The van der Waals surface area contributed by atoms with Crippen LogP contribution in [0.1, 0.15) is 17.5 Å². The SMILES string of the molecule is CNS(=O)(=O)c1cccc(Cn2ccc3cnc(Nc4ccc5c(c4)CCC(=O)N5)nc32)c1. The van der Waals surface area contributed by atoms with Crippen LogP contribution >= 0.6 is 0 Å². The summed E-state index contributed by atoms with van der Waals surface area (Å²) in [6, 6.07) is 14.5. The summed E-state index contributed by atoms with van der Waals surface area (Å²) >= 11 is 0. The number of aromatic nitrogens is 3. The standard InChI is InChI=1S/C23H22N6O3S/c1-24-33(31,32)19-4-2-3-15(11-19)14-29-10-9-17-13-25-23(28-22(17)29)26-18-6-7-20-16(12-18)5-8-21(30)27-20/h2-4,6-7,9-13,24H,5,8,14H2,1H3,(H,27,30)(H,25,26,28). The summed E-state index contributed by atoms with van der Waals surface area (Å²) in [6.45, 7) is 0.464. The van der Waals surface area contributed by atoms with Crippen molar-refractivity contribution in [3.63, 3.8) is 0 Å². The van der Waals surface area contributed by atoms with Crippen molar-refractivity contribution < 1.29 is 13.2 Å². The van der Waals surface area contributed by atoms with Crippen LogP contribution in [0.4, 0.5) is 17.3 Å². The largest absolute Gasteiger partial charge is 0.328 e. The molecule has 1 aliphatic rings. The molecule has 1 amide bonds. The minimum absolute atomic E-state index is 0.0341. The quantitative estimate of drug-likeness (QED) is 0.405. The Labute approximate surface area is 190 Å². The molecule has 2 aromatic heterocycles. The molecular weight excluding hydrogens is 440 g/mol. The molecule has 0 fully saturated rings. The van der Waals surface area contributed by atoms with Gasteiger partial charge in [-0.2, -0.15) is 4.98 Å². The van der Waals surface area contributed by atoms with E-state index in [1.807, 2.05) is 41.1 Å². The van der Waals surface area contributed by atoms with Crippen LogP contribution in [-0.4, -0.2) is 35.9 Å². The zero-order valence-electron chi connectivity index (χ0n) is 17.9. The Morgan fingerprint density at radius 2 is 2.00 bits per heavy atom. The van der Waals surface area contributed by atoms with E-state index in [1.54, 1.807) is 24.4 Å². The van der Waals surface area contributed by atoms with Crippen molar-refractivity contribution in [3.05, 3.63) is 72.1 Å². The first kappa shape index (κ1) is 21.1. The smallest absolute Gasteiger partial charge is 0.240 e. The van der Waals surface area contributed by atoms with E-state index in [0.29, 0.717) is 25.3 Å². The Balaban J connectivity index is 1.41. The molecule has 0 unspecified atom stereocenters. The van der Waals surface area contributed by atoms with Crippen molar-refractivity contribution in [3.8, 4) is 0 Å². The van der Waals surface area contributed by atoms with Gasteiger partial charge >= 0.3 is 0 Å². The molecule has 4 aromatic rings.